The summed E-state index contributed by atoms with van der Waals surface area (Å²) in [6, 6.07) is 14.7. The molecule has 0 bridgehead atoms. The first-order chi connectivity index (χ1) is 13.0. The number of carbonyl (C=O) groups is 2. The smallest absolute Gasteiger partial charge is 0.228 e. The Morgan fingerprint density at radius 2 is 1.96 bits per heavy atom. The number of hydrogen-bond acceptors (Lipinski definition) is 5. The summed E-state index contributed by atoms with van der Waals surface area (Å²) < 4.78 is 6.44. The lowest BCUT2D eigenvalue weighted by Gasteiger charge is -2.17. The zero-order chi connectivity index (χ0) is 19.2. The molecule has 1 heterocycles. The maximum Gasteiger partial charge on any atom is 0.228 e. The Morgan fingerprint density at radius 1 is 1.19 bits per heavy atom. The molecule has 0 saturated carbocycles. The van der Waals surface area contributed by atoms with Gasteiger partial charge < -0.3 is 15.4 Å². The van der Waals surface area contributed by atoms with Crippen LogP contribution in [0.25, 0.3) is 10.2 Å². The van der Waals surface area contributed by atoms with E-state index in [-0.39, 0.29) is 24.3 Å². The third kappa shape index (κ3) is 5.04. The molecule has 2 amide bonds. The van der Waals surface area contributed by atoms with Crippen molar-refractivity contribution in [2.75, 3.05) is 11.9 Å². The SMILES string of the molecule is CCOc1ccc2nc(NC(=O)CC(NC(C)=O)c3ccccc3)sc2c1. The number of anilines is 1. The number of carbonyl (C=O) groups excluding carboxylic acids is 2. The van der Waals surface area contributed by atoms with E-state index in [9.17, 15) is 9.59 Å². The quantitative estimate of drug-likeness (QED) is 0.648. The molecule has 3 rings (SSSR count). The number of benzene rings is 2. The molecule has 1 aromatic heterocycles. The molecule has 27 heavy (non-hydrogen) atoms. The van der Waals surface area contributed by atoms with Crippen molar-refractivity contribution < 1.29 is 14.3 Å². The number of aromatic nitrogens is 1. The van der Waals surface area contributed by atoms with Gasteiger partial charge in [0.2, 0.25) is 11.8 Å². The summed E-state index contributed by atoms with van der Waals surface area (Å²) in [6.07, 6.45) is 0.129. The number of nitrogens with one attached hydrogen (secondary N) is 2. The van der Waals surface area contributed by atoms with Crippen molar-refractivity contribution in [3.63, 3.8) is 0 Å². The minimum Gasteiger partial charge on any atom is -0.494 e. The van der Waals surface area contributed by atoms with Crippen molar-refractivity contribution in [1.29, 1.82) is 0 Å². The normalized spacial score (nSPS) is 11.8. The van der Waals surface area contributed by atoms with Crippen LogP contribution in [0.5, 0.6) is 5.75 Å². The largest absolute Gasteiger partial charge is 0.494 e. The van der Waals surface area contributed by atoms with Crippen LogP contribution < -0.4 is 15.4 Å². The van der Waals surface area contributed by atoms with Gasteiger partial charge in [0.25, 0.3) is 0 Å². The molecule has 2 N–H and O–H groups in total. The zero-order valence-electron chi connectivity index (χ0n) is 15.2. The molecule has 1 unspecified atom stereocenters. The highest BCUT2D eigenvalue weighted by atomic mass is 32.1. The lowest BCUT2D eigenvalue weighted by molar-refractivity contribution is -0.120. The molecule has 0 fully saturated rings. The standard InChI is InChI=1S/C20H21N3O3S/c1-3-26-15-9-10-16-18(11-15)27-20(22-16)23-19(25)12-17(21-13(2)24)14-7-5-4-6-8-14/h4-11,17H,3,12H2,1-2H3,(H,21,24)(H,22,23,25). The van der Waals surface area contributed by atoms with Gasteiger partial charge in [-0.3, -0.25) is 9.59 Å². The van der Waals surface area contributed by atoms with Crippen molar-refractivity contribution in [2.45, 2.75) is 26.3 Å². The average Bonchev–Trinajstić information content (AvgIpc) is 3.03. The summed E-state index contributed by atoms with van der Waals surface area (Å²) in [5, 5.41) is 6.19. The molecule has 1 atom stereocenters. The Kier molecular flexibility index (Phi) is 6.03. The first-order valence-electron chi connectivity index (χ1n) is 8.70. The maximum atomic E-state index is 12.5. The van der Waals surface area contributed by atoms with E-state index < -0.39 is 0 Å². The van der Waals surface area contributed by atoms with E-state index in [4.69, 9.17) is 4.74 Å². The fraction of sp³-hybridized carbons (Fsp3) is 0.250. The minimum atomic E-state index is -0.386. The number of amides is 2. The Bertz CT molecular complexity index is 940. The zero-order valence-corrected chi connectivity index (χ0v) is 16.0. The van der Waals surface area contributed by atoms with Gasteiger partial charge in [0.05, 0.1) is 29.3 Å². The van der Waals surface area contributed by atoms with E-state index in [1.165, 1.54) is 18.3 Å². The van der Waals surface area contributed by atoms with E-state index in [0.29, 0.717) is 11.7 Å². The molecule has 0 aliphatic heterocycles. The van der Waals surface area contributed by atoms with Crippen molar-refractivity contribution in [3.8, 4) is 5.75 Å². The summed E-state index contributed by atoms with van der Waals surface area (Å²) in [5.41, 5.74) is 1.69. The van der Waals surface area contributed by atoms with Crippen LogP contribution in [0, 0.1) is 0 Å². The highest BCUT2D eigenvalue weighted by Crippen LogP contribution is 2.29. The van der Waals surface area contributed by atoms with Gasteiger partial charge >= 0.3 is 0 Å². The third-order valence-corrected chi connectivity index (χ3v) is 4.82. The van der Waals surface area contributed by atoms with E-state index >= 15 is 0 Å². The van der Waals surface area contributed by atoms with Crippen molar-refractivity contribution >= 4 is 38.5 Å². The summed E-state index contributed by atoms with van der Waals surface area (Å²) >= 11 is 1.39. The second kappa shape index (κ2) is 8.64. The molecule has 6 nitrogen and oxygen atoms in total. The molecular weight excluding hydrogens is 362 g/mol. The van der Waals surface area contributed by atoms with Gasteiger partial charge in [0.15, 0.2) is 5.13 Å². The molecular formula is C20H21N3O3S. The Hall–Kier alpha value is -2.93. The van der Waals surface area contributed by atoms with Crippen LogP contribution in [0.3, 0.4) is 0 Å². The van der Waals surface area contributed by atoms with E-state index in [0.717, 1.165) is 21.5 Å². The maximum absolute atomic E-state index is 12.5. The highest BCUT2D eigenvalue weighted by molar-refractivity contribution is 7.22. The minimum absolute atomic E-state index is 0.129. The molecule has 140 valence electrons. The van der Waals surface area contributed by atoms with E-state index in [1.54, 1.807) is 0 Å². The Labute approximate surface area is 161 Å². The van der Waals surface area contributed by atoms with Crippen LogP contribution >= 0.6 is 11.3 Å². The molecule has 0 saturated heterocycles. The van der Waals surface area contributed by atoms with Crippen molar-refractivity contribution in [3.05, 3.63) is 54.1 Å². The predicted molar refractivity (Wildman–Crippen MR) is 107 cm³/mol. The number of nitrogens with zero attached hydrogens (tertiary/aromatic N) is 1. The van der Waals surface area contributed by atoms with Crippen LogP contribution in [0.15, 0.2) is 48.5 Å². The van der Waals surface area contributed by atoms with Crippen LogP contribution in [0.1, 0.15) is 31.9 Å². The summed E-state index contributed by atoms with van der Waals surface area (Å²) in [4.78, 5) is 28.4. The van der Waals surface area contributed by atoms with Crippen LogP contribution in [-0.2, 0) is 9.59 Å². The molecule has 2 aromatic carbocycles. The predicted octanol–water partition coefficient (Wildman–Crippen LogP) is 3.90. The molecule has 0 spiro atoms. The summed E-state index contributed by atoms with van der Waals surface area (Å²) in [6.45, 7) is 3.97. The molecule has 0 aliphatic carbocycles. The highest BCUT2D eigenvalue weighted by Gasteiger charge is 2.18. The lowest BCUT2D eigenvalue weighted by Crippen LogP contribution is -2.29. The Balaban J connectivity index is 1.71. The molecule has 0 radical (unpaired) electrons. The van der Waals surface area contributed by atoms with Gasteiger partial charge in [0, 0.05) is 6.92 Å². The number of hydrogen-bond donors (Lipinski definition) is 2. The van der Waals surface area contributed by atoms with E-state index in [1.807, 2.05) is 55.5 Å². The van der Waals surface area contributed by atoms with Crippen molar-refractivity contribution in [2.24, 2.45) is 0 Å². The average molecular weight is 383 g/mol. The number of thiazole rings is 1. The fourth-order valence-electron chi connectivity index (χ4n) is 2.75. The van der Waals surface area contributed by atoms with Gasteiger partial charge in [-0.05, 0) is 30.7 Å². The van der Waals surface area contributed by atoms with E-state index in [2.05, 4.69) is 15.6 Å². The second-order valence-electron chi connectivity index (χ2n) is 6.00. The van der Waals surface area contributed by atoms with Gasteiger partial charge in [-0.2, -0.15) is 0 Å². The van der Waals surface area contributed by atoms with Gasteiger partial charge in [-0.15, -0.1) is 0 Å². The second-order valence-corrected chi connectivity index (χ2v) is 7.03. The first kappa shape index (κ1) is 18.8. The third-order valence-electron chi connectivity index (χ3n) is 3.89. The summed E-state index contributed by atoms with van der Waals surface area (Å²) in [5.74, 6) is 0.392. The fourth-order valence-corrected chi connectivity index (χ4v) is 3.66. The summed E-state index contributed by atoms with van der Waals surface area (Å²) in [7, 11) is 0. The number of rotatable bonds is 7. The lowest BCUT2D eigenvalue weighted by atomic mass is 10.0. The van der Waals surface area contributed by atoms with Crippen LogP contribution in [0.2, 0.25) is 0 Å². The number of ether oxygens (including phenoxy) is 1. The Morgan fingerprint density at radius 3 is 2.67 bits per heavy atom. The van der Waals surface area contributed by atoms with Crippen molar-refractivity contribution in [1.82, 2.24) is 10.3 Å². The topological polar surface area (TPSA) is 80.3 Å². The van der Waals surface area contributed by atoms with Gasteiger partial charge in [-0.1, -0.05) is 41.7 Å². The molecule has 3 aromatic rings. The molecule has 0 aliphatic rings. The molecule has 7 heteroatoms. The van der Waals surface area contributed by atoms with Gasteiger partial charge in [-0.25, -0.2) is 4.98 Å². The number of fused-ring (bicyclic) bond motifs is 1. The van der Waals surface area contributed by atoms with Crippen LogP contribution in [-0.4, -0.2) is 23.4 Å². The first-order valence-corrected chi connectivity index (χ1v) is 9.52. The van der Waals surface area contributed by atoms with Gasteiger partial charge in [0.1, 0.15) is 5.75 Å². The monoisotopic (exact) mass is 383 g/mol. The van der Waals surface area contributed by atoms with Crippen LogP contribution in [0.4, 0.5) is 5.13 Å².